The molecule has 5 rings (SSSR count). The minimum atomic E-state index is -0.774. The van der Waals surface area contributed by atoms with Crippen molar-refractivity contribution < 1.29 is 9.18 Å². The number of benzene rings is 1. The molecule has 0 aliphatic carbocycles. The SMILES string of the molecule is C=CC(=O)N1CCN(c2nc(=O)n(-c3c(SC)ccnc3C(C)C)c3nc(-c4c(N)ccc(Cl)c4F)c(Cl)cc23)C(C)C1. The Balaban J connectivity index is 1.86. The predicted molar refractivity (Wildman–Crippen MR) is 172 cm³/mol. The molecule has 0 radical (unpaired) electrons. The van der Waals surface area contributed by atoms with Gasteiger partial charge in [0.25, 0.3) is 0 Å². The Bertz CT molecular complexity index is 1830. The third kappa shape index (κ3) is 5.45. The van der Waals surface area contributed by atoms with E-state index in [1.54, 1.807) is 17.2 Å². The van der Waals surface area contributed by atoms with Crippen molar-refractivity contribution in [1.29, 1.82) is 0 Å². The summed E-state index contributed by atoms with van der Waals surface area (Å²) in [6.45, 7) is 10.7. The quantitative estimate of drug-likeness (QED) is 0.156. The first-order valence-corrected chi connectivity index (χ1v) is 15.5. The molecule has 9 nitrogen and oxygen atoms in total. The van der Waals surface area contributed by atoms with Crippen LogP contribution in [-0.4, -0.2) is 62.3 Å². The van der Waals surface area contributed by atoms with Crippen LogP contribution in [-0.2, 0) is 4.79 Å². The summed E-state index contributed by atoms with van der Waals surface area (Å²) in [6, 6.07) is 6.07. The lowest BCUT2D eigenvalue weighted by atomic mass is 10.1. The zero-order chi connectivity index (χ0) is 31.2. The normalized spacial score (nSPS) is 15.4. The molecule has 1 saturated heterocycles. The number of nitrogens with two attached hydrogens (primary N) is 1. The van der Waals surface area contributed by atoms with Gasteiger partial charge in [-0.15, -0.1) is 11.8 Å². The molecule has 13 heteroatoms. The fourth-order valence-electron chi connectivity index (χ4n) is 5.37. The highest BCUT2D eigenvalue weighted by atomic mass is 35.5. The van der Waals surface area contributed by atoms with Crippen molar-refractivity contribution in [3.8, 4) is 16.9 Å². The van der Waals surface area contributed by atoms with Crippen LogP contribution in [0.4, 0.5) is 15.9 Å². The van der Waals surface area contributed by atoms with Gasteiger partial charge in [0, 0.05) is 42.5 Å². The monoisotopic (exact) mass is 641 g/mol. The second-order valence-electron chi connectivity index (χ2n) is 10.5. The summed E-state index contributed by atoms with van der Waals surface area (Å²) in [4.78, 5) is 44.8. The molecule has 0 saturated carbocycles. The van der Waals surface area contributed by atoms with Crippen LogP contribution in [0.1, 0.15) is 32.4 Å². The minimum absolute atomic E-state index is 0.0344. The Hall–Kier alpha value is -3.67. The van der Waals surface area contributed by atoms with E-state index in [1.165, 1.54) is 34.5 Å². The van der Waals surface area contributed by atoms with Gasteiger partial charge in [0.1, 0.15) is 5.82 Å². The summed E-state index contributed by atoms with van der Waals surface area (Å²) >= 11 is 14.4. The Kier molecular flexibility index (Phi) is 8.69. The molecule has 1 fully saturated rings. The molecule has 224 valence electrons. The largest absolute Gasteiger partial charge is 0.398 e. The highest BCUT2D eigenvalue weighted by Crippen LogP contribution is 2.40. The van der Waals surface area contributed by atoms with E-state index in [-0.39, 0.29) is 50.5 Å². The molecular weight excluding hydrogens is 612 g/mol. The number of amides is 1. The van der Waals surface area contributed by atoms with Crippen LogP contribution in [0.15, 0.2) is 52.8 Å². The summed E-state index contributed by atoms with van der Waals surface area (Å²) in [5.74, 6) is -0.635. The molecule has 1 amide bonds. The topological polar surface area (TPSA) is 110 Å². The minimum Gasteiger partial charge on any atom is -0.398 e. The van der Waals surface area contributed by atoms with Crippen LogP contribution >= 0.6 is 35.0 Å². The third-order valence-corrected chi connectivity index (χ3v) is 8.81. The van der Waals surface area contributed by atoms with Gasteiger partial charge in [0.2, 0.25) is 5.91 Å². The smallest absolute Gasteiger partial charge is 0.355 e. The lowest BCUT2D eigenvalue weighted by Crippen LogP contribution is -2.54. The standard InChI is InChI=1S/C30H30Cl2FN7O2S/c1-6-22(41)38-11-12-39(16(4)14-38)28-17-13-19(32)26(23-20(34)8-7-18(31)24(23)33)36-29(17)40(30(42)37-28)27-21(43-5)9-10-35-25(27)15(2)3/h6-10,13,15-16H,1,11-12,14,34H2,2-5H3. The maximum absolute atomic E-state index is 15.4. The van der Waals surface area contributed by atoms with Gasteiger partial charge in [-0.3, -0.25) is 9.78 Å². The molecule has 1 aromatic carbocycles. The number of rotatable bonds is 6. The molecule has 43 heavy (non-hydrogen) atoms. The highest BCUT2D eigenvalue weighted by Gasteiger charge is 2.31. The second kappa shape index (κ2) is 12.1. The number of halogens is 3. The van der Waals surface area contributed by atoms with Crippen LogP contribution < -0.4 is 16.3 Å². The van der Waals surface area contributed by atoms with E-state index in [2.05, 4.69) is 16.5 Å². The molecule has 1 unspecified atom stereocenters. The number of anilines is 2. The van der Waals surface area contributed by atoms with Crippen LogP contribution in [0.5, 0.6) is 0 Å². The lowest BCUT2D eigenvalue weighted by Gasteiger charge is -2.40. The molecule has 0 bridgehead atoms. The second-order valence-corrected chi connectivity index (χ2v) is 12.2. The van der Waals surface area contributed by atoms with E-state index >= 15 is 4.39 Å². The van der Waals surface area contributed by atoms with Gasteiger partial charge in [-0.2, -0.15) is 4.98 Å². The van der Waals surface area contributed by atoms with E-state index in [0.29, 0.717) is 42.2 Å². The molecule has 1 atom stereocenters. The molecule has 1 aliphatic rings. The average Bonchev–Trinajstić information content (AvgIpc) is 2.98. The number of piperazine rings is 1. The van der Waals surface area contributed by atoms with Crippen LogP contribution in [0.3, 0.4) is 0 Å². The number of hydrogen-bond donors (Lipinski definition) is 1. The van der Waals surface area contributed by atoms with Crippen molar-refractivity contribution >= 4 is 63.4 Å². The van der Waals surface area contributed by atoms with Gasteiger partial charge in [0.15, 0.2) is 11.5 Å². The summed E-state index contributed by atoms with van der Waals surface area (Å²) < 4.78 is 16.8. The number of thioether (sulfide) groups is 1. The summed E-state index contributed by atoms with van der Waals surface area (Å²) in [5.41, 5.74) is 7.07. The summed E-state index contributed by atoms with van der Waals surface area (Å²) in [6.07, 6.45) is 4.89. The molecule has 4 heterocycles. The zero-order valence-electron chi connectivity index (χ0n) is 24.1. The van der Waals surface area contributed by atoms with Gasteiger partial charge >= 0.3 is 5.69 Å². The van der Waals surface area contributed by atoms with E-state index in [9.17, 15) is 9.59 Å². The number of nitrogen functional groups attached to an aromatic ring is 1. The first kappa shape index (κ1) is 30.8. The fraction of sp³-hybridized carbons (Fsp3) is 0.300. The predicted octanol–water partition coefficient (Wildman–Crippen LogP) is 5.94. The first-order chi connectivity index (χ1) is 20.5. The van der Waals surface area contributed by atoms with Crippen LogP contribution in [0.2, 0.25) is 10.0 Å². The molecule has 1 aliphatic heterocycles. The average molecular weight is 643 g/mol. The molecule has 4 aromatic rings. The number of carbonyl (C=O) groups excluding carboxylic acids is 1. The van der Waals surface area contributed by atoms with Gasteiger partial charge in [-0.1, -0.05) is 43.6 Å². The van der Waals surface area contributed by atoms with Crippen LogP contribution in [0.25, 0.3) is 28.0 Å². The number of carbonyl (C=O) groups is 1. The van der Waals surface area contributed by atoms with Gasteiger partial charge in [-0.05, 0) is 49.4 Å². The van der Waals surface area contributed by atoms with E-state index in [0.717, 1.165) is 4.90 Å². The van der Waals surface area contributed by atoms with E-state index < -0.39 is 11.5 Å². The van der Waals surface area contributed by atoms with Crippen molar-refractivity contribution in [2.75, 3.05) is 36.5 Å². The van der Waals surface area contributed by atoms with E-state index in [4.69, 9.17) is 33.9 Å². The number of hydrogen-bond acceptors (Lipinski definition) is 8. The molecular formula is C30H30Cl2FN7O2S. The van der Waals surface area contributed by atoms with Gasteiger partial charge in [-0.25, -0.2) is 18.7 Å². The van der Waals surface area contributed by atoms with E-state index in [1.807, 2.05) is 38.0 Å². The Morgan fingerprint density at radius 3 is 2.60 bits per heavy atom. The number of aromatic nitrogens is 4. The van der Waals surface area contributed by atoms with Crippen molar-refractivity contribution in [2.24, 2.45) is 0 Å². The van der Waals surface area contributed by atoms with Crippen molar-refractivity contribution in [1.82, 2.24) is 24.4 Å². The number of nitrogens with zero attached hydrogens (tertiary/aromatic N) is 6. The lowest BCUT2D eigenvalue weighted by molar-refractivity contribution is -0.126. The van der Waals surface area contributed by atoms with Gasteiger partial charge < -0.3 is 15.5 Å². The highest BCUT2D eigenvalue weighted by molar-refractivity contribution is 7.98. The first-order valence-electron chi connectivity index (χ1n) is 13.6. The maximum Gasteiger partial charge on any atom is 0.355 e. The van der Waals surface area contributed by atoms with Crippen molar-refractivity contribution in [3.05, 3.63) is 75.2 Å². The Morgan fingerprint density at radius 2 is 1.95 bits per heavy atom. The Labute approximate surface area is 262 Å². The summed E-state index contributed by atoms with van der Waals surface area (Å²) in [7, 11) is 0. The van der Waals surface area contributed by atoms with Gasteiger partial charge in [0.05, 0.1) is 38.1 Å². The fourth-order valence-corrected chi connectivity index (χ4v) is 6.36. The zero-order valence-corrected chi connectivity index (χ0v) is 26.4. The molecule has 0 spiro atoms. The molecule has 3 aromatic heterocycles. The maximum atomic E-state index is 15.4. The number of fused-ring (bicyclic) bond motifs is 1. The van der Waals surface area contributed by atoms with Crippen molar-refractivity contribution in [2.45, 2.75) is 37.6 Å². The van der Waals surface area contributed by atoms with Crippen molar-refractivity contribution in [3.63, 3.8) is 0 Å². The summed E-state index contributed by atoms with van der Waals surface area (Å²) in [5, 5.41) is 0.423. The van der Waals surface area contributed by atoms with Crippen LogP contribution in [0, 0.1) is 5.82 Å². The third-order valence-electron chi connectivity index (χ3n) is 7.46. The molecule has 2 N–H and O–H groups in total. The Morgan fingerprint density at radius 1 is 1.21 bits per heavy atom. The number of pyridine rings is 2.